The molecule has 1 aliphatic heterocycles. The van der Waals surface area contributed by atoms with Crippen LogP contribution in [0.1, 0.15) is 45.2 Å². The Morgan fingerprint density at radius 1 is 1.21 bits per heavy atom. The van der Waals surface area contributed by atoms with Crippen LogP contribution < -0.4 is 4.90 Å². The van der Waals surface area contributed by atoms with Gasteiger partial charge in [-0.2, -0.15) is 0 Å². The van der Waals surface area contributed by atoms with Crippen LogP contribution in [0.2, 0.25) is 10.0 Å². The molecule has 1 aliphatic carbocycles. The third-order valence-electron chi connectivity index (χ3n) is 5.53. The van der Waals surface area contributed by atoms with E-state index in [9.17, 15) is 9.59 Å². The Morgan fingerprint density at radius 3 is 2.66 bits per heavy atom. The van der Waals surface area contributed by atoms with E-state index < -0.39 is 12.0 Å². The first kappa shape index (κ1) is 20.0. The summed E-state index contributed by atoms with van der Waals surface area (Å²) in [6.45, 7) is 5.61. The number of anilines is 1. The maximum absolute atomic E-state index is 13.4. The summed E-state index contributed by atoms with van der Waals surface area (Å²) in [6, 6.07) is 6.33. The monoisotopic (exact) mass is 429 g/mol. The van der Waals surface area contributed by atoms with Crippen molar-refractivity contribution in [2.24, 2.45) is 16.3 Å². The zero-order valence-electron chi connectivity index (χ0n) is 16.4. The molecular weight excluding hydrogens is 409 g/mol. The number of Topliss-reactive ketones (excluding diaryl/α,β-unsaturated/α-hetero) is 1. The molecule has 5 nitrogen and oxygen atoms in total. The van der Waals surface area contributed by atoms with Crippen LogP contribution in [0.15, 0.2) is 41.7 Å². The second kappa shape index (κ2) is 7.22. The topological polar surface area (TPSA) is 62.6 Å². The Hall–Kier alpha value is -2.24. The SMILES string of the molecule is CC(=O)N1c2ccncc2N=C2CC(C)(C)CC(=O)C2[C@H]1c1ccc(Cl)cc1Cl. The first-order chi connectivity index (χ1) is 13.7. The number of nitrogens with zero attached hydrogens (tertiary/aromatic N) is 3. The van der Waals surface area contributed by atoms with Crippen LogP contribution in [-0.4, -0.2) is 22.4 Å². The lowest BCUT2D eigenvalue weighted by atomic mass is 9.68. The number of hydrogen-bond donors (Lipinski definition) is 0. The Balaban J connectivity index is 2.01. The van der Waals surface area contributed by atoms with Crippen molar-refractivity contribution in [3.63, 3.8) is 0 Å². The van der Waals surface area contributed by atoms with Crippen molar-refractivity contribution in [3.05, 3.63) is 52.3 Å². The molecule has 29 heavy (non-hydrogen) atoms. The summed E-state index contributed by atoms with van der Waals surface area (Å²) in [5.41, 5.74) is 2.45. The molecule has 0 saturated heterocycles. The van der Waals surface area contributed by atoms with Gasteiger partial charge >= 0.3 is 0 Å². The highest BCUT2D eigenvalue weighted by Crippen LogP contribution is 2.49. The van der Waals surface area contributed by atoms with Gasteiger partial charge in [-0.25, -0.2) is 0 Å². The molecule has 4 rings (SSSR count). The molecule has 1 amide bonds. The standard InChI is InChI=1S/C22H21Cl2N3O2/c1-12(28)27-18-6-7-25-11-17(18)26-16-9-22(2,3)10-19(29)20(16)21(27)14-5-4-13(23)8-15(14)24/h4-8,11,20-21H,9-10H2,1-3H3/t20?,21-/m1/s1. The molecule has 0 bridgehead atoms. The highest BCUT2D eigenvalue weighted by Gasteiger charge is 2.47. The van der Waals surface area contributed by atoms with Crippen LogP contribution in [-0.2, 0) is 9.59 Å². The number of aromatic nitrogens is 1. The smallest absolute Gasteiger partial charge is 0.224 e. The Bertz CT molecular complexity index is 1050. The largest absolute Gasteiger partial charge is 0.302 e. The minimum Gasteiger partial charge on any atom is -0.302 e. The van der Waals surface area contributed by atoms with E-state index in [0.717, 1.165) is 5.71 Å². The number of amides is 1. The van der Waals surface area contributed by atoms with Gasteiger partial charge in [0, 0.05) is 35.3 Å². The summed E-state index contributed by atoms with van der Waals surface area (Å²) in [7, 11) is 0. The molecule has 1 fully saturated rings. The second-order valence-corrected chi connectivity index (χ2v) is 9.27. The van der Waals surface area contributed by atoms with Crippen LogP contribution >= 0.6 is 23.2 Å². The lowest BCUT2D eigenvalue weighted by Crippen LogP contribution is -2.47. The minimum absolute atomic E-state index is 0.0584. The lowest BCUT2D eigenvalue weighted by Gasteiger charge is -2.40. The summed E-state index contributed by atoms with van der Waals surface area (Å²) >= 11 is 12.7. The molecular formula is C22H21Cl2N3O2. The van der Waals surface area contributed by atoms with Gasteiger partial charge < -0.3 is 4.90 Å². The van der Waals surface area contributed by atoms with Crippen molar-refractivity contribution < 1.29 is 9.59 Å². The molecule has 1 aromatic carbocycles. The third-order valence-corrected chi connectivity index (χ3v) is 6.10. The Kier molecular flexibility index (Phi) is 4.99. The quantitative estimate of drug-likeness (QED) is 0.594. The van der Waals surface area contributed by atoms with Crippen molar-refractivity contribution in [2.45, 2.75) is 39.7 Å². The first-order valence-corrected chi connectivity index (χ1v) is 10.2. The van der Waals surface area contributed by atoms with E-state index in [2.05, 4.69) is 18.8 Å². The molecule has 2 atom stereocenters. The number of aliphatic imine (C=N–C) groups is 1. The van der Waals surface area contributed by atoms with E-state index in [1.165, 1.54) is 6.92 Å². The maximum atomic E-state index is 13.4. The van der Waals surface area contributed by atoms with E-state index in [0.29, 0.717) is 39.8 Å². The average molecular weight is 430 g/mol. The molecule has 1 aromatic heterocycles. The summed E-state index contributed by atoms with van der Waals surface area (Å²) in [4.78, 5) is 36.9. The van der Waals surface area contributed by atoms with Gasteiger partial charge in [0.15, 0.2) is 0 Å². The van der Waals surface area contributed by atoms with Crippen molar-refractivity contribution in [3.8, 4) is 0 Å². The van der Waals surface area contributed by atoms with E-state index in [1.807, 2.05) is 0 Å². The Morgan fingerprint density at radius 2 is 1.97 bits per heavy atom. The van der Waals surface area contributed by atoms with Crippen LogP contribution in [0.25, 0.3) is 0 Å². The second-order valence-electron chi connectivity index (χ2n) is 8.43. The zero-order valence-corrected chi connectivity index (χ0v) is 18.0. The van der Waals surface area contributed by atoms with Crippen molar-refractivity contribution >= 4 is 52.0 Å². The number of rotatable bonds is 1. The third kappa shape index (κ3) is 3.58. The molecule has 7 heteroatoms. The maximum Gasteiger partial charge on any atom is 0.224 e. The van der Waals surface area contributed by atoms with Gasteiger partial charge in [-0.15, -0.1) is 0 Å². The van der Waals surface area contributed by atoms with Gasteiger partial charge in [0.1, 0.15) is 11.5 Å². The van der Waals surface area contributed by atoms with E-state index in [-0.39, 0.29) is 17.1 Å². The average Bonchev–Trinajstić information content (AvgIpc) is 2.74. The summed E-state index contributed by atoms with van der Waals surface area (Å²) in [5, 5.41) is 0.916. The number of halogens is 2. The first-order valence-electron chi connectivity index (χ1n) is 9.47. The Labute approximate surface area is 179 Å². The van der Waals surface area contributed by atoms with E-state index in [4.69, 9.17) is 28.2 Å². The van der Waals surface area contributed by atoms with Gasteiger partial charge in [0.2, 0.25) is 5.91 Å². The lowest BCUT2D eigenvalue weighted by molar-refractivity contribution is -0.124. The number of fused-ring (bicyclic) bond motifs is 2. The molecule has 0 N–H and O–H groups in total. The molecule has 1 saturated carbocycles. The fourth-order valence-electron chi connectivity index (χ4n) is 4.45. The highest BCUT2D eigenvalue weighted by atomic mass is 35.5. The molecule has 0 radical (unpaired) electrons. The van der Waals surface area contributed by atoms with Crippen molar-refractivity contribution in [1.29, 1.82) is 0 Å². The van der Waals surface area contributed by atoms with Gasteiger partial charge in [0.25, 0.3) is 0 Å². The van der Waals surface area contributed by atoms with Crippen molar-refractivity contribution in [1.82, 2.24) is 4.98 Å². The molecule has 1 unspecified atom stereocenters. The number of carbonyl (C=O) groups excluding carboxylic acids is 2. The minimum atomic E-state index is -0.594. The van der Waals surface area contributed by atoms with E-state index >= 15 is 0 Å². The summed E-state index contributed by atoms with van der Waals surface area (Å²) in [6.07, 6.45) is 4.33. The van der Waals surface area contributed by atoms with Gasteiger partial charge in [-0.05, 0) is 35.6 Å². The van der Waals surface area contributed by atoms with Gasteiger partial charge in [-0.3, -0.25) is 19.6 Å². The highest BCUT2D eigenvalue weighted by molar-refractivity contribution is 6.35. The zero-order chi connectivity index (χ0) is 20.9. The normalized spacial score (nSPS) is 23.0. The number of carbonyl (C=O) groups is 2. The van der Waals surface area contributed by atoms with Gasteiger partial charge in [-0.1, -0.05) is 43.1 Å². The van der Waals surface area contributed by atoms with Crippen LogP contribution in [0, 0.1) is 11.3 Å². The molecule has 2 aromatic rings. The molecule has 2 aliphatic rings. The van der Waals surface area contributed by atoms with Crippen molar-refractivity contribution in [2.75, 3.05) is 4.90 Å². The summed E-state index contributed by atoms with van der Waals surface area (Å²) in [5.74, 6) is -0.705. The van der Waals surface area contributed by atoms with Gasteiger partial charge in [0.05, 0.1) is 23.8 Å². The summed E-state index contributed by atoms with van der Waals surface area (Å²) < 4.78 is 0. The van der Waals surface area contributed by atoms with Crippen LogP contribution in [0.3, 0.4) is 0 Å². The van der Waals surface area contributed by atoms with Crippen LogP contribution in [0.4, 0.5) is 11.4 Å². The predicted molar refractivity (Wildman–Crippen MR) is 115 cm³/mol. The molecule has 150 valence electrons. The van der Waals surface area contributed by atoms with Crippen LogP contribution in [0.5, 0.6) is 0 Å². The number of pyridine rings is 1. The number of benzene rings is 1. The number of ketones is 1. The van der Waals surface area contributed by atoms with E-state index in [1.54, 1.807) is 41.6 Å². The predicted octanol–water partition coefficient (Wildman–Crippen LogP) is 5.57. The number of hydrogen-bond acceptors (Lipinski definition) is 4. The molecule has 2 heterocycles. The fraction of sp³-hybridized carbons (Fsp3) is 0.364. The fourth-order valence-corrected chi connectivity index (χ4v) is 4.97. The molecule has 0 spiro atoms.